The van der Waals surface area contributed by atoms with Crippen molar-refractivity contribution in [2.45, 2.75) is 32.4 Å². The van der Waals surface area contributed by atoms with E-state index in [1.807, 2.05) is 0 Å². The largest absolute Gasteiger partial charge is 0.493 e. The summed E-state index contributed by atoms with van der Waals surface area (Å²) in [6.45, 7) is 3.22. The van der Waals surface area contributed by atoms with E-state index in [-0.39, 0.29) is 0 Å². The highest BCUT2D eigenvalue weighted by atomic mass is 16.5. The zero-order chi connectivity index (χ0) is 15.5. The van der Waals surface area contributed by atoms with Crippen LogP contribution in [0.2, 0.25) is 0 Å². The van der Waals surface area contributed by atoms with Crippen LogP contribution >= 0.6 is 0 Å². The minimum Gasteiger partial charge on any atom is -0.493 e. The number of methoxy groups -OCH3 is 2. The summed E-state index contributed by atoms with van der Waals surface area (Å²) in [6, 6.07) is 15.4. The highest BCUT2D eigenvalue weighted by Gasteiger charge is 2.25. The second kappa shape index (κ2) is 6.30. The Bertz CT molecular complexity index is 639. The van der Waals surface area contributed by atoms with Gasteiger partial charge in [0, 0.05) is 24.3 Å². The first-order chi connectivity index (χ1) is 10.7. The molecule has 22 heavy (non-hydrogen) atoms. The van der Waals surface area contributed by atoms with Crippen molar-refractivity contribution >= 4 is 5.69 Å². The zero-order valence-electron chi connectivity index (χ0n) is 13.5. The minimum absolute atomic E-state index is 0.519. The third-order valence-corrected chi connectivity index (χ3v) is 4.45. The normalized spacial score (nSPS) is 17.0. The Morgan fingerprint density at radius 2 is 1.73 bits per heavy atom. The number of fused-ring (bicyclic) bond motifs is 1. The van der Waals surface area contributed by atoms with Crippen molar-refractivity contribution < 1.29 is 9.47 Å². The van der Waals surface area contributed by atoms with Crippen molar-refractivity contribution in [1.29, 1.82) is 0 Å². The topological polar surface area (TPSA) is 21.7 Å². The van der Waals surface area contributed by atoms with E-state index < -0.39 is 0 Å². The fourth-order valence-corrected chi connectivity index (χ4v) is 3.16. The van der Waals surface area contributed by atoms with E-state index in [4.69, 9.17) is 9.47 Å². The first-order valence-corrected chi connectivity index (χ1v) is 7.78. The zero-order valence-corrected chi connectivity index (χ0v) is 13.5. The quantitative estimate of drug-likeness (QED) is 0.850. The maximum Gasteiger partial charge on any atom is 0.162 e. The average molecular weight is 297 g/mol. The third-order valence-electron chi connectivity index (χ3n) is 4.45. The van der Waals surface area contributed by atoms with Gasteiger partial charge in [-0.25, -0.2) is 0 Å². The van der Waals surface area contributed by atoms with Crippen LogP contribution in [-0.4, -0.2) is 20.3 Å². The van der Waals surface area contributed by atoms with Gasteiger partial charge in [0.25, 0.3) is 0 Å². The van der Waals surface area contributed by atoms with Crippen LogP contribution in [0.1, 0.15) is 24.5 Å². The van der Waals surface area contributed by atoms with Gasteiger partial charge in [-0.3, -0.25) is 0 Å². The van der Waals surface area contributed by atoms with Crippen LogP contribution in [0.15, 0.2) is 42.5 Å². The lowest BCUT2D eigenvalue weighted by Crippen LogP contribution is -2.36. The van der Waals surface area contributed by atoms with Crippen LogP contribution in [0.25, 0.3) is 0 Å². The van der Waals surface area contributed by atoms with E-state index >= 15 is 0 Å². The molecule has 1 aliphatic rings. The van der Waals surface area contributed by atoms with Gasteiger partial charge in [-0.15, -0.1) is 0 Å². The summed E-state index contributed by atoms with van der Waals surface area (Å²) in [6.07, 6.45) is 2.25. The Labute approximate surface area is 132 Å². The van der Waals surface area contributed by atoms with Gasteiger partial charge in [-0.05, 0) is 37.0 Å². The number of hydrogen-bond donors (Lipinski definition) is 0. The van der Waals surface area contributed by atoms with Crippen molar-refractivity contribution in [3.05, 3.63) is 53.6 Å². The second-order valence-corrected chi connectivity index (χ2v) is 5.84. The highest BCUT2D eigenvalue weighted by Crippen LogP contribution is 2.40. The molecule has 1 heterocycles. The summed E-state index contributed by atoms with van der Waals surface area (Å²) >= 11 is 0. The maximum atomic E-state index is 5.48. The molecular weight excluding hydrogens is 274 g/mol. The second-order valence-electron chi connectivity index (χ2n) is 5.84. The van der Waals surface area contributed by atoms with Crippen LogP contribution in [-0.2, 0) is 13.0 Å². The van der Waals surface area contributed by atoms with Gasteiger partial charge < -0.3 is 14.4 Å². The van der Waals surface area contributed by atoms with Gasteiger partial charge in [0.15, 0.2) is 11.5 Å². The van der Waals surface area contributed by atoms with Crippen molar-refractivity contribution in [3.63, 3.8) is 0 Å². The molecule has 0 saturated carbocycles. The van der Waals surface area contributed by atoms with Crippen LogP contribution < -0.4 is 14.4 Å². The molecule has 0 amide bonds. The monoisotopic (exact) mass is 297 g/mol. The van der Waals surface area contributed by atoms with Gasteiger partial charge in [0.2, 0.25) is 0 Å². The number of anilines is 1. The Balaban J connectivity index is 1.98. The molecule has 0 N–H and O–H groups in total. The van der Waals surface area contributed by atoms with Crippen molar-refractivity contribution in [3.8, 4) is 11.5 Å². The van der Waals surface area contributed by atoms with E-state index in [2.05, 4.69) is 54.3 Å². The van der Waals surface area contributed by atoms with E-state index in [0.29, 0.717) is 6.04 Å². The van der Waals surface area contributed by atoms with E-state index in [9.17, 15) is 0 Å². The molecule has 116 valence electrons. The molecule has 3 rings (SSSR count). The van der Waals surface area contributed by atoms with Gasteiger partial charge in [-0.1, -0.05) is 30.3 Å². The molecular formula is C19H23NO2. The third kappa shape index (κ3) is 2.76. The molecule has 1 atom stereocenters. The summed E-state index contributed by atoms with van der Waals surface area (Å²) < 4.78 is 10.9. The number of benzene rings is 2. The molecule has 2 aromatic carbocycles. The predicted octanol–water partition coefficient (Wildman–Crippen LogP) is 4.05. The minimum atomic E-state index is 0.519. The molecule has 3 nitrogen and oxygen atoms in total. The number of rotatable bonds is 4. The molecule has 2 aromatic rings. The standard InChI is InChI=1S/C19H23NO2/c1-14-9-10-16-11-18(21-2)19(22-3)12-17(16)20(14)13-15-7-5-4-6-8-15/h4-8,11-12,14H,9-10,13H2,1-3H3. The Morgan fingerprint density at radius 1 is 1.05 bits per heavy atom. The summed E-state index contributed by atoms with van der Waals surface area (Å²) in [5.41, 5.74) is 3.93. The number of ether oxygens (including phenoxy) is 2. The van der Waals surface area contributed by atoms with E-state index in [1.54, 1.807) is 14.2 Å². The summed E-state index contributed by atoms with van der Waals surface area (Å²) in [7, 11) is 3.38. The number of hydrogen-bond acceptors (Lipinski definition) is 3. The SMILES string of the molecule is COc1cc2c(cc1OC)N(Cc1ccccc1)C(C)CC2. The van der Waals surface area contributed by atoms with E-state index in [1.165, 1.54) is 16.8 Å². The lowest BCUT2D eigenvalue weighted by atomic mass is 9.95. The molecule has 0 fully saturated rings. The van der Waals surface area contributed by atoms with Gasteiger partial charge in [0.1, 0.15) is 0 Å². The first kappa shape index (κ1) is 14.8. The average Bonchev–Trinajstić information content (AvgIpc) is 2.57. The summed E-state index contributed by atoms with van der Waals surface area (Å²) in [4.78, 5) is 2.47. The van der Waals surface area contributed by atoms with Gasteiger partial charge >= 0.3 is 0 Å². The smallest absolute Gasteiger partial charge is 0.162 e. The first-order valence-electron chi connectivity index (χ1n) is 7.78. The predicted molar refractivity (Wildman–Crippen MR) is 90.0 cm³/mol. The van der Waals surface area contributed by atoms with Crippen LogP contribution in [0.3, 0.4) is 0 Å². The number of nitrogens with zero attached hydrogens (tertiary/aromatic N) is 1. The molecule has 0 radical (unpaired) electrons. The molecule has 3 heteroatoms. The van der Waals surface area contributed by atoms with Crippen LogP contribution in [0, 0.1) is 0 Å². The number of aryl methyl sites for hydroxylation is 1. The molecule has 0 aliphatic carbocycles. The summed E-state index contributed by atoms with van der Waals surface area (Å²) in [5.74, 6) is 1.61. The molecule has 1 unspecified atom stereocenters. The maximum absolute atomic E-state index is 5.48. The van der Waals surface area contributed by atoms with Crippen molar-refractivity contribution in [2.75, 3.05) is 19.1 Å². The molecule has 0 saturated heterocycles. The van der Waals surface area contributed by atoms with Crippen LogP contribution in [0.4, 0.5) is 5.69 Å². The van der Waals surface area contributed by atoms with Gasteiger partial charge in [-0.2, -0.15) is 0 Å². The fourth-order valence-electron chi connectivity index (χ4n) is 3.16. The highest BCUT2D eigenvalue weighted by molar-refractivity contribution is 5.64. The van der Waals surface area contributed by atoms with E-state index in [0.717, 1.165) is 30.9 Å². The molecule has 0 aromatic heterocycles. The molecule has 1 aliphatic heterocycles. The van der Waals surface area contributed by atoms with Crippen molar-refractivity contribution in [1.82, 2.24) is 0 Å². The summed E-state index contributed by atoms with van der Waals surface area (Å²) in [5, 5.41) is 0. The fraction of sp³-hybridized carbons (Fsp3) is 0.368. The van der Waals surface area contributed by atoms with Crippen molar-refractivity contribution in [2.24, 2.45) is 0 Å². The lowest BCUT2D eigenvalue weighted by Gasteiger charge is -2.37. The van der Waals surface area contributed by atoms with Gasteiger partial charge in [0.05, 0.1) is 14.2 Å². The Hall–Kier alpha value is -2.16. The molecule has 0 bridgehead atoms. The Morgan fingerprint density at radius 3 is 2.41 bits per heavy atom. The Kier molecular flexibility index (Phi) is 4.23. The lowest BCUT2D eigenvalue weighted by molar-refractivity contribution is 0.354. The molecule has 0 spiro atoms. The van der Waals surface area contributed by atoms with Crippen LogP contribution in [0.5, 0.6) is 11.5 Å².